The number of amides is 1. The van der Waals surface area contributed by atoms with E-state index < -0.39 is 0 Å². The normalized spacial score (nSPS) is 10.3. The molecule has 3 aromatic rings. The number of ether oxygens (including phenoxy) is 2. The minimum atomic E-state index is -0.372. The van der Waals surface area contributed by atoms with Gasteiger partial charge >= 0.3 is 0 Å². The quantitative estimate of drug-likeness (QED) is 0.638. The molecule has 0 bridgehead atoms. The Balaban J connectivity index is 1.80. The lowest BCUT2D eigenvalue weighted by molar-refractivity contribution is 0.102. The van der Waals surface area contributed by atoms with Crippen molar-refractivity contribution in [2.75, 3.05) is 24.9 Å². The van der Waals surface area contributed by atoms with Crippen molar-refractivity contribution >= 4 is 34.7 Å². The van der Waals surface area contributed by atoms with E-state index in [1.165, 1.54) is 6.33 Å². The number of methoxy groups -OCH3 is 2. The van der Waals surface area contributed by atoms with E-state index in [0.29, 0.717) is 33.7 Å². The van der Waals surface area contributed by atoms with Crippen molar-refractivity contribution in [3.05, 3.63) is 65.1 Å². The summed E-state index contributed by atoms with van der Waals surface area (Å²) in [5.41, 5.74) is 2.37. The summed E-state index contributed by atoms with van der Waals surface area (Å²) in [7, 11) is 3.15. The lowest BCUT2D eigenvalue weighted by Crippen LogP contribution is -2.14. The van der Waals surface area contributed by atoms with Gasteiger partial charge in [-0.1, -0.05) is 17.7 Å². The Bertz CT molecular complexity index is 1010. The van der Waals surface area contributed by atoms with Crippen LogP contribution in [0, 0.1) is 6.92 Å². The molecule has 0 saturated carbocycles. The van der Waals surface area contributed by atoms with Gasteiger partial charge in [0.15, 0.2) is 0 Å². The Morgan fingerprint density at radius 1 is 1.04 bits per heavy atom. The summed E-state index contributed by atoms with van der Waals surface area (Å²) in [4.78, 5) is 20.7. The van der Waals surface area contributed by atoms with Crippen LogP contribution in [-0.4, -0.2) is 30.1 Å². The predicted molar refractivity (Wildman–Crippen MR) is 109 cm³/mol. The van der Waals surface area contributed by atoms with E-state index >= 15 is 0 Å². The number of anilines is 3. The van der Waals surface area contributed by atoms with Crippen LogP contribution in [0.3, 0.4) is 0 Å². The fourth-order valence-corrected chi connectivity index (χ4v) is 2.65. The number of aryl methyl sites for hydroxylation is 1. The number of rotatable bonds is 6. The zero-order valence-corrected chi connectivity index (χ0v) is 16.4. The van der Waals surface area contributed by atoms with Crippen molar-refractivity contribution in [1.82, 2.24) is 9.97 Å². The minimum Gasteiger partial charge on any atom is -0.497 e. The number of aromatic nitrogens is 2. The van der Waals surface area contributed by atoms with E-state index in [-0.39, 0.29) is 11.6 Å². The van der Waals surface area contributed by atoms with Crippen molar-refractivity contribution in [3.63, 3.8) is 0 Å². The molecule has 1 heterocycles. The van der Waals surface area contributed by atoms with Gasteiger partial charge in [0.05, 0.1) is 19.9 Å². The van der Waals surface area contributed by atoms with Crippen LogP contribution in [0.4, 0.5) is 17.2 Å². The zero-order chi connectivity index (χ0) is 20.1. The van der Waals surface area contributed by atoms with Crippen LogP contribution >= 0.6 is 11.6 Å². The standard InChI is InChI=1S/C20H19ClN4O3/c1-12-4-5-13(8-15(12)21)24-20(26)17-10-19(23-11-22-17)25-16-9-14(27-2)6-7-18(16)28-3/h4-11H,1-3H3,(H,24,26)(H,22,23,25). The van der Waals surface area contributed by atoms with Crippen LogP contribution in [0.25, 0.3) is 0 Å². The van der Waals surface area contributed by atoms with Gasteiger partial charge in [-0.25, -0.2) is 9.97 Å². The second kappa shape index (κ2) is 8.58. The van der Waals surface area contributed by atoms with Gasteiger partial charge in [0.1, 0.15) is 29.3 Å². The molecule has 0 spiro atoms. The largest absolute Gasteiger partial charge is 0.497 e. The second-order valence-electron chi connectivity index (χ2n) is 5.90. The molecule has 0 fully saturated rings. The average Bonchev–Trinajstić information content (AvgIpc) is 2.71. The molecule has 2 N–H and O–H groups in total. The molecule has 2 aromatic carbocycles. The summed E-state index contributed by atoms with van der Waals surface area (Å²) >= 11 is 6.10. The van der Waals surface area contributed by atoms with Crippen LogP contribution in [0.15, 0.2) is 48.8 Å². The second-order valence-corrected chi connectivity index (χ2v) is 6.30. The third kappa shape index (κ3) is 4.50. The summed E-state index contributed by atoms with van der Waals surface area (Å²) in [5.74, 6) is 1.34. The van der Waals surface area contributed by atoms with Crippen LogP contribution in [0.2, 0.25) is 5.02 Å². The SMILES string of the molecule is COc1ccc(OC)c(Nc2cc(C(=O)Nc3ccc(C)c(Cl)c3)ncn2)c1. The molecule has 0 aliphatic carbocycles. The highest BCUT2D eigenvalue weighted by atomic mass is 35.5. The first-order valence-electron chi connectivity index (χ1n) is 8.38. The first-order chi connectivity index (χ1) is 13.5. The van der Waals surface area contributed by atoms with Crippen molar-refractivity contribution < 1.29 is 14.3 Å². The topological polar surface area (TPSA) is 85.4 Å². The van der Waals surface area contributed by atoms with E-state index in [4.69, 9.17) is 21.1 Å². The molecular formula is C20H19ClN4O3. The van der Waals surface area contributed by atoms with E-state index in [1.807, 2.05) is 13.0 Å². The molecule has 28 heavy (non-hydrogen) atoms. The fourth-order valence-electron chi connectivity index (χ4n) is 2.47. The molecule has 7 nitrogen and oxygen atoms in total. The summed E-state index contributed by atoms with van der Waals surface area (Å²) in [5, 5.41) is 6.47. The zero-order valence-electron chi connectivity index (χ0n) is 15.6. The molecule has 144 valence electrons. The van der Waals surface area contributed by atoms with E-state index in [2.05, 4.69) is 20.6 Å². The highest BCUT2D eigenvalue weighted by Gasteiger charge is 2.12. The number of nitrogens with one attached hydrogen (secondary N) is 2. The van der Waals surface area contributed by atoms with Gasteiger partial charge < -0.3 is 20.1 Å². The molecular weight excluding hydrogens is 380 g/mol. The number of carbonyl (C=O) groups is 1. The maximum atomic E-state index is 12.5. The molecule has 0 saturated heterocycles. The number of halogens is 1. The molecule has 0 radical (unpaired) electrons. The Hall–Kier alpha value is -3.32. The Labute approximate surface area is 167 Å². The molecule has 1 aromatic heterocycles. The van der Waals surface area contributed by atoms with Crippen molar-refractivity contribution in [2.45, 2.75) is 6.92 Å². The average molecular weight is 399 g/mol. The molecule has 3 rings (SSSR count). The molecule has 0 aliphatic heterocycles. The summed E-state index contributed by atoms with van der Waals surface area (Å²) in [6.07, 6.45) is 1.31. The lowest BCUT2D eigenvalue weighted by Gasteiger charge is -2.12. The van der Waals surface area contributed by atoms with Gasteiger partial charge in [0, 0.05) is 22.8 Å². The third-order valence-electron chi connectivity index (χ3n) is 4.00. The van der Waals surface area contributed by atoms with Crippen LogP contribution in [0.5, 0.6) is 11.5 Å². The lowest BCUT2D eigenvalue weighted by atomic mass is 10.2. The molecule has 0 atom stereocenters. The molecule has 1 amide bonds. The Morgan fingerprint density at radius 3 is 2.57 bits per heavy atom. The third-order valence-corrected chi connectivity index (χ3v) is 4.41. The highest BCUT2D eigenvalue weighted by Crippen LogP contribution is 2.31. The number of hydrogen-bond acceptors (Lipinski definition) is 6. The fraction of sp³-hybridized carbons (Fsp3) is 0.150. The first-order valence-corrected chi connectivity index (χ1v) is 8.76. The van der Waals surface area contributed by atoms with Crippen molar-refractivity contribution in [3.8, 4) is 11.5 Å². The van der Waals surface area contributed by atoms with E-state index in [1.54, 1.807) is 50.6 Å². The summed E-state index contributed by atoms with van der Waals surface area (Å²) in [6, 6.07) is 12.2. The number of benzene rings is 2. The summed E-state index contributed by atoms with van der Waals surface area (Å²) in [6.45, 7) is 1.89. The van der Waals surface area contributed by atoms with E-state index in [9.17, 15) is 4.79 Å². The Morgan fingerprint density at radius 2 is 1.86 bits per heavy atom. The van der Waals surface area contributed by atoms with Crippen LogP contribution < -0.4 is 20.1 Å². The van der Waals surface area contributed by atoms with Gasteiger partial charge in [-0.05, 0) is 36.8 Å². The molecule has 0 aliphatic rings. The predicted octanol–water partition coefficient (Wildman–Crippen LogP) is 4.45. The van der Waals surface area contributed by atoms with Crippen LogP contribution in [-0.2, 0) is 0 Å². The van der Waals surface area contributed by atoms with Crippen molar-refractivity contribution in [2.24, 2.45) is 0 Å². The van der Waals surface area contributed by atoms with Crippen LogP contribution in [0.1, 0.15) is 16.1 Å². The maximum Gasteiger partial charge on any atom is 0.274 e. The highest BCUT2D eigenvalue weighted by molar-refractivity contribution is 6.31. The number of nitrogens with zero attached hydrogens (tertiary/aromatic N) is 2. The van der Waals surface area contributed by atoms with Gasteiger partial charge in [-0.15, -0.1) is 0 Å². The smallest absolute Gasteiger partial charge is 0.274 e. The minimum absolute atomic E-state index is 0.205. The molecule has 8 heteroatoms. The molecule has 0 unspecified atom stereocenters. The maximum absolute atomic E-state index is 12.5. The first kappa shape index (κ1) is 19.4. The number of carbonyl (C=O) groups excluding carboxylic acids is 1. The van der Waals surface area contributed by atoms with Crippen molar-refractivity contribution in [1.29, 1.82) is 0 Å². The summed E-state index contributed by atoms with van der Waals surface area (Å²) < 4.78 is 10.6. The monoisotopic (exact) mass is 398 g/mol. The van der Waals surface area contributed by atoms with Gasteiger partial charge in [0.25, 0.3) is 5.91 Å². The van der Waals surface area contributed by atoms with Gasteiger partial charge in [-0.2, -0.15) is 0 Å². The van der Waals surface area contributed by atoms with Gasteiger partial charge in [0.2, 0.25) is 0 Å². The number of hydrogen-bond donors (Lipinski definition) is 2. The van der Waals surface area contributed by atoms with Gasteiger partial charge in [-0.3, -0.25) is 4.79 Å². The van der Waals surface area contributed by atoms with E-state index in [0.717, 1.165) is 5.56 Å². The Kier molecular flexibility index (Phi) is 5.96.